The molecular weight excluding hydrogens is 252 g/mol. The minimum absolute atomic E-state index is 0.536. The van der Waals surface area contributed by atoms with Crippen molar-refractivity contribution in [2.75, 3.05) is 11.9 Å². The lowest BCUT2D eigenvalue weighted by Crippen LogP contribution is -2.32. The highest BCUT2D eigenvalue weighted by molar-refractivity contribution is 9.09. The highest BCUT2D eigenvalue weighted by Gasteiger charge is 2.35. The fraction of sp³-hybridized carbons (Fsp3) is 0.538. The third-order valence-corrected chi connectivity index (χ3v) is 4.53. The molecule has 0 N–H and O–H groups in total. The van der Waals surface area contributed by atoms with Gasteiger partial charge in [0.15, 0.2) is 0 Å². The highest BCUT2D eigenvalue weighted by atomic mass is 79.9. The maximum Gasteiger partial charge on any atom is 0.119 e. The lowest BCUT2D eigenvalue weighted by molar-refractivity contribution is 0.123. The molecule has 1 aromatic carbocycles. The molecule has 0 spiro atoms. The van der Waals surface area contributed by atoms with Crippen LogP contribution in [-0.2, 0) is 0 Å². The molecule has 0 amide bonds. The Morgan fingerprint density at radius 3 is 2.47 bits per heavy atom. The number of hydrogen-bond donors (Lipinski definition) is 0. The predicted octanol–water partition coefficient (Wildman–Crippen LogP) is 4.02. The van der Waals surface area contributed by atoms with Crippen LogP contribution in [0.1, 0.15) is 25.7 Å². The van der Waals surface area contributed by atoms with Crippen LogP contribution >= 0.6 is 15.9 Å². The zero-order valence-electron chi connectivity index (χ0n) is 8.92. The van der Waals surface area contributed by atoms with Gasteiger partial charge in [-0.25, -0.2) is 0 Å². The zero-order valence-corrected chi connectivity index (χ0v) is 10.5. The molecule has 0 bridgehead atoms. The smallest absolute Gasteiger partial charge is 0.119 e. The number of hydrogen-bond acceptors (Lipinski definition) is 1. The molecule has 1 aliphatic carbocycles. The van der Waals surface area contributed by atoms with E-state index in [0.29, 0.717) is 5.41 Å². The summed E-state index contributed by atoms with van der Waals surface area (Å²) in [4.78, 5) is 0. The molecular formula is C13H17BrO. The first kappa shape index (κ1) is 11.0. The summed E-state index contributed by atoms with van der Waals surface area (Å²) in [5.74, 6) is 0.988. The van der Waals surface area contributed by atoms with E-state index in [-0.39, 0.29) is 0 Å². The Morgan fingerprint density at radius 1 is 1.20 bits per heavy atom. The fourth-order valence-electron chi connectivity index (χ4n) is 2.03. The van der Waals surface area contributed by atoms with Crippen molar-refractivity contribution in [3.8, 4) is 5.75 Å². The first-order chi connectivity index (χ1) is 7.35. The third-order valence-electron chi connectivity index (χ3n) is 3.34. The summed E-state index contributed by atoms with van der Waals surface area (Å²) in [6.07, 6.45) is 5.27. The number of halogens is 1. The van der Waals surface area contributed by atoms with Gasteiger partial charge in [-0.15, -0.1) is 0 Å². The van der Waals surface area contributed by atoms with Gasteiger partial charge in [-0.3, -0.25) is 0 Å². The van der Waals surface area contributed by atoms with Crippen molar-refractivity contribution < 1.29 is 4.74 Å². The first-order valence-corrected chi connectivity index (χ1v) is 6.71. The Hall–Kier alpha value is -0.500. The van der Waals surface area contributed by atoms with Gasteiger partial charge in [-0.2, -0.15) is 0 Å². The van der Waals surface area contributed by atoms with Crippen molar-refractivity contribution in [1.82, 2.24) is 0 Å². The zero-order chi connectivity index (χ0) is 10.6. The molecule has 2 heteroatoms. The van der Waals surface area contributed by atoms with E-state index in [1.54, 1.807) is 0 Å². The molecule has 1 nitrogen and oxygen atoms in total. The fourth-order valence-corrected chi connectivity index (χ4v) is 2.87. The summed E-state index contributed by atoms with van der Waals surface area (Å²) in [5.41, 5.74) is 0.536. The summed E-state index contributed by atoms with van der Waals surface area (Å²) in [5, 5.41) is 1.12. The van der Waals surface area contributed by atoms with Gasteiger partial charge in [-0.05, 0) is 36.8 Å². The average molecular weight is 269 g/mol. The van der Waals surface area contributed by atoms with Crippen LogP contribution in [0.25, 0.3) is 0 Å². The van der Waals surface area contributed by atoms with Crippen LogP contribution in [0.3, 0.4) is 0 Å². The summed E-state index contributed by atoms with van der Waals surface area (Å²) in [6.45, 7) is 0.843. The molecule has 0 aromatic heterocycles. The van der Waals surface area contributed by atoms with Crippen molar-refractivity contribution in [3.05, 3.63) is 30.3 Å². The van der Waals surface area contributed by atoms with E-state index < -0.39 is 0 Å². The van der Waals surface area contributed by atoms with Crippen molar-refractivity contribution >= 4 is 15.9 Å². The van der Waals surface area contributed by atoms with Crippen LogP contribution in [0.5, 0.6) is 5.75 Å². The van der Waals surface area contributed by atoms with E-state index in [9.17, 15) is 0 Å². The lowest BCUT2D eigenvalue weighted by Gasteiger charge is -2.40. The minimum Gasteiger partial charge on any atom is -0.494 e. The van der Waals surface area contributed by atoms with Gasteiger partial charge in [0.05, 0.1) is 6.61 Å². The van der Waals surface area contributed by atoms with Crippen molar-refractivity contribution in [2.45, 2.75) is 25.7 Å². The van der Waals surface area contributed by atoms with E-state index in [1.807, 2.05) is 30.3 Å². The molecule has 1 fully saturated rings. The molecule has 2 rings (SSSR count). The van der Waals surface area contributed by atoms with Crippen molar-refractivity contribution in [3.63, 3.8) is 0 Å². The maximum absolute atomic E-state index is 5.72. The summed E-state index contributed by atoms with van der Waals surface area (Å²) >= 11 is 3.61. The molecule has 1 aliphatic rings. The second kappa shape index (κ2) is 5.02. The monoisotopic (exact) mass is 268 g/mol. The normalized spacial score (nSPS) is 18.2. The number of rotatable bonds is 5. The van der Waals surface area contributed by atoms with E-state index in [0.717, 1.165) is 17.7 Å². The Kier molecular flexibility index (Phi) is 3.68. The maximum atomic E-state index is 5.72. The van der Waals surface area contributed by atoms with E-state index >= 15 is 0 Å². The number of ether oxygens (including phenoxy) is 1. The Balaban J connectivity index is 1.75. The van der Waals surface area contributed by atoms with Crippen LogP contribution in [0.4, 0.5) is 0 Å². The van der Waals surface area contributed by atoms with Crippen LogP contribution in [0, 0.1) is 5.41 Å². The van der Waals surface area contributed by atoms with Crippen LogP contribution in [0.2, 0.25) is 0 Å². The third kappa shape index (κ3) is 2.75. The quantitative estimate of drug-likeness (QED) is 0.733. The molecule has 0 aliphatic heterocycles. The molecule has 0 saturated heterocycles. The molecule has 0 unspecified atom stereocenters. The number of para-hydroxylation sites is 1. The Morgan fingerprint density at radius 2 is 1.93 bits per heavy atom. The van der Waals surface area contributed by atoms with Gasteiger partial charge in [0.25, 0.3) is 0 Å². The average Bonchev–Trinajstić information content (AvgIpc) is 2.24. The molecule has 1 aromatic rings. The standard InChI is InChI=1S/C13H17BrO/c14-11-13(7-4-8-13)9-10-15-12-5-2-1-3-6-12/h1-3,5-6H,4,7-11H2. The van der Waals surface area contributed by atoms with Crippen LogP contribution in [0.15, 0.2) is 30.3 Å². The van der Waals surface area contributed by atoms with E-state index in [1.165, 1.54) is 25.7 Å². The lowest BCUT2D eigenvalue weighted by atomic mass is 9.68. The Labute approximate surface area is 100.0 Å². The topological polar surface area (TPSA) is 9.23 Å². The van der Waals surface area contributed by atoms with Gasteiger partial charge in [0.2, 0.25) is 0 Å². The number of benzene rings is 1. The Bertz CT molecular complexity index is 287. The van der Waals surface area contributed by atoms with Crippen molar-refractivity contribution in [2.24, 2.45) is 5.41 Å². The highest BCUT2D eigenvalue weighted by Crippen LogP contribution is 2.45. The molecule has 0 heterocycles. The van der Waals surface area contributed by atoms with E-state index in [2.05, 4.69) is 15.9 Å². The largest absolute Gasteiger partial charge is 0.494 e. The van der Waals surface area contributed by atoms with E-state index in [4.69, 9.17) is 4.74 Å². The second-order valence-corrected chi connectivity index (χ2v) is 4.96. The van der Waals surface area contributed by atoms with Gasteiger partial charge in [0.1, 0.15) is 5.75 Å². The van der Waals surface area contributed by atoms with Gasteiger partial charge < -0.3 is 4.74 Å². The van der Waals surface area contributed by atoms with Gasteiger partial charge in [-0.1, -0.05) is 40.5 Å². The molecule has 1 saturated carbocycles. The molecule has 82 valence electrons. The predicted molar refractivity (Wildman–Crippen MR) is 66.6 cm³/mol. The minimum atomic E-state index is 0.536. The van der Waals surface area contributed by atoms with Crippen LogP contribution in [-0.4, -0.2) is 11.9 Å². The van der Waals surface area contributed by atoms with Crippen molar-refractivity contribution in [1.29, 1.82) is 0 Å². The second-order valence-electron chi connectivity index (χ2n) is 4.40. The van der Waals surface area contributed by atoms with Crippen LogP contribution < -0.4 is 4.74 Å². The SMILES string of the molecule is BrCC1(CCOc2ccccc2)CCC1. The summed E-state index contributed by atoms with van der Waals surface area (Å²) < 4.78 is 5.72. The number of alkyl halides is 1. The van der Waals surface area contributed by atoms with Gasteiger partial charge in [0, 0.05) is 5.33 Å². The van der Waals surface area contributed by atoms with Gasteiger partial charge >= 0.3 is 0 Å². The summed E-state index contributed by atoms with van der Waals surface area (Å²) in [7, 11) is 0. The first-order valence-electron chi connectivity index (χ1n) is 5.58. The molecule has 0 atom stereocenters. The molecule has 0 radical (unpaired) electrons. The summed E-state index contributed by atoms with van der Waals surface area (Å²) in [6, 6.07) is 10.1. The molecule has 15 heavy (non-hydrogen) atoms.